The SMILES string of the molecule is Cc1cccc(Cc2noc(-c3ccc(N)cn3)n2)c1. The van der Waals surface area contributed by atoms with Crippen LogP contribution in [0.4, 0.5) is 5.69 Å². The maximum absolute atomic E-state index is 5.60. The highest BCUT2D eigenvalue weighted by molar-refractivity contribution is 5.50. The molecule has 0 amide bonds. The summed E-state index contributed by atoms with van der Waals surface area (Å²) in [6.07, 6.45) is 2.21. The number of rotatable bonds is 3. The minimum Gasteiger partial charge on any atom is -0.397 e. The van der Waals surface area contributed by atoms with Gasteiger partial charge in [0.15, 0.2) is 5.82 Å². The topological polar surface area (TPSA) is 77.8 Å². The molecule has 2 N–H and O–H groups in total. The first kappa shape index (κ1) is 12.3. The summed E-state index contributed by atoms with van der Waals surface area (Å²) in [7, 11) is 0. The molecule has 0 aliphatic rings. The van der Waals surface area contributed by atoms with E-state index in [-0.39, 0.29) is 0 Å². The number of pyridine rings is 1. The number of nitrogens with zero attached hydrogens (tertiary/aromatic N) is 3. The molecule has 0 fully saturated rings. The van der Waals surface area contributed by atoms with E-state index in [1.54, 1.807) is 18.3 Å². The first-order valence-corrected chi connectivity index (χ1v) is 6.31. The van der Waals surface area contributed by atoms with Gasteiger partial charge in [-0.05, 0) is 24.6 Å². The van der Waals surface area contributed by atoms with E-state index in [0.717, 1.165) is 5.56 Å². The van der Waals surface area contributed by atoms with Crippen molar-refractivity contribution in [3.05, 3.63) is 59.5 Å². The molecule has 0 spiro atoms. The third kappa shape index (κ3) is 2.66. The van der Waals surface area contributed by atoms with Crippen molar-refractivity contribution in [3.8, 4) is 11.6 Å². The predicted molar refractivity (Wildman–Crippen MR) is 75.9 cm³/mol. The molecular formula is C15H14N4O. The van der Waals surface area contributed by atoms with E-state index in [4.69, 9.17) is 10.3 Å². The van der Waals surface area contributed by atoms with Gasteiger partial charge in [0, 0.05) is 6.42 Å². The Morgan fingerprint density at radius 1 is 1.20 bits per heavy atom. The minimum atomic E-state index is 0.410. The Labute approximate surface area is 116 Å². The van der Waals surface area contributed by atoms with E-state index < -0.39 is 0 Å². The van der Waals surface area contributed by atoms with Gasteiger partial charge in [0.1, 0.15) is 5.69 Å². The number of hydrogen-bond donors (Lipinski definition) is 1. The van der Waals surface area contributed by atoms with E-state index in [1.807, 2.05) is 12.1 Å². The molecule has 3 aromatic rings. The molecule has 0 aliphatic heterocycles. The molecule has 0 saturated heterocycles. The molecule has 0 saturated carbocycles. The molecule has 2 aromatic heterocycles. The average Bonchev–Trinajstić information content (AvgIpc) is 2.88. The molecule has 5 heteroatoms. The Kier molecular flexibility index (Phi) is 3.16. The molecule has 20 heavy (non-hydrogen) atoms. The summed E-state index contributed by atoms with van der Waals surface area (Å²) in [4.78, 5) is 8.52. The van der Waals surface area contributed by atoms with E-state index in [2.05, 4.69) is 34.2 Å². The molecule has 1 aromatic carbocycles. The van der Waals surface area contributed by atoms with Crippen LogP contribution in [0.2, 0.25) is 0 Å². The largest absolute Gasteiger partial charge is 0.397 e. The Morgan fingerprint density at radius 2 is 2.10 bits per heavy atom. The van der Waals surface area contributed by atoms with Crippen molar-refractivity contribution in [2.45, 2.75) is 13.3 Å². The first-order valence-electron chi connectivity index (χ1n) is 6.31. The summed E-state index contributed by atoms with van der Waals surface area (Å²) in [5, 5.41) is 3.98. The van der Waals surface area contributed by atoms with Crippen molar-refractivity contribution in [2.75, 3.05) is 5.73 Å². The van der Waals surface area contributed by atoms with Gasteiger partial charge >= 0.3 is 0 Å². The second kappa shape index (κ2) is 5.13. The van der Waals surface area contributed by atoms with Gasteiger partial charge in [0.2, 0.25) is 0 Å². The molecule has 3 rings (SSSR count). The lowest BCUT2D eigenvalue weighted by Gasteiger charge is -1.97. The fourth-order valence-electron chi connectivity index (χ4n) is 1.97. The molecule has 0 radical (unpaired) electrons. The van der Waals surface area contributed by atoms with Crippen LogP contribution in [0.3, 0.4) is 0 Å². The predicted octanol–water partition coefficient (Wildman–Crippen LogP) is 2.61. The smallest absolute Gasteiger partial charge is 0.276 e. The number of aryl methyl sites for hydroxylation is 1. The Hall–Kier alpha value is -2.69. The fourth-order valence-corrected chi connectivity index (χ4v) is 1.97. The molecule has 0 aliphatic carbocycles. The van der Waals surface area contributed by atoms with Gasteiger partial charge in [0.25, 0.3) is 5.89 Å². The van der Waals surface area contributed by atoms with E-state index in [1.165, 1.54) is 5.56 Å². The van der Waals surface area contributed by atoms with Crippen molar-refractivity contribution in [1.82, 2.24) is 15.1 Å². The summed E-state index contributed by atoms with van der Waals surface area (Å²) >= 11 is 0. The van der Waals surface area contributed by atoms with Crippen molar-refractivity contribution in [1.29, 1.82) is 0 Å². The number of anilines is 1. The van der Waals surface area contributed by atoms with Crippen molar-refractivity contribution in [2.24, 2.45) is 0 Å². The van der Waals surface area contributed by atoms with Gasteiger partial charge in [-0.15, -0.1) is 0 Å². The van der Waals surface area contributed by atoms with Crippen LogP contribution in [-0.2, 0) is 6.42 Å². The Bertz CT molecular complexity index is 719. The molecule has 5 nitrogen and oxygen atoms in total. The number of nitrogen functional groups attached to an aromatic ring is 1. The van der Waals surface area contributed by atoms with Gasteiger partial charge in [0.05, 0.1) is 11.9 Å². The van der Waals surface area contributed by atoms with Crippen LogP contribution in [0.25, 0.3) is 11.6 Å². The maximum atomic E-state index is 5.60. The molecule has 0 atom stereocenters. The summed E-state index contributed by atoms with van der Waals surface area (Å²) < 4.78 is 5.23. The number of benzene rings is 1. The van der Waals surface area contributed by atoms with Gasteiger partial charge in [-0.1, -0.05) is 35.0 Å². The number of hydrogen-bond acceptors (Lipinski definition) is 5. The highest BCUT2D eigenvalue weighted by atomic mass is 16.5. The van der Waals surface area contributed by atoms with Crippen LogP contribution < -0.4 is 5.73 Å². The Morgan fingerprint density at radius 3 is 2.85 bits per heavy atom. The highest BCUT2D eigenvalue weighted by Gasteiger charge is 2.10. The molecular weight excluding hydrogens is 252 g/mol. The average molecular weight is 266 g/mol. The monoisotopic (exact) mass is 266 g/mol. The van der Waals surface area contributed by atoms with E-state index in [9.17, 15) is 0 Å². The van der Waals surface area contributed by atoms with E-state index in [0.29, 0.717) is 29.5 Å². The van der Waals surface area contributed by atoms with E-state index >= 15 is 0 Å². The lowest BCUT2D eigenvalue weighted by Crippen LogP contribution is -1.92. The summed E-state index contributed by atoms with van der Waals surface area (Å²) in [5.74, 6) is 1.05. The second-order valence-electron chi connectivity index (χ2n) is 4.66. The fraction of sp³-hybridized carbons (Fsp3) is 0.133. The number of nitrogens with two attached hydrogens (primary N) is 1. The zero-order valence-corrected chi connectivity index (χ0v) is 11.1. The second-order valence-corrected chi connectivity index (χ2v) is 4.66. The van der Waals surface area contributed by atoms with Crippen molar-refractivity contribution >= 4 is 5.69 Å². The summed E-state index contributed by atoms with van der Waals surface area (Å²) in [5.41, 5.74) is 9.20. The van der Waals surface area contributed by atoms with Crippen LogP contribution in [0.1, 0.15) is 17.0 Å². The lowest BCUT2D eigenvalue weighted by atomic mass is 10.1. The lowest BCUT2D eigenvalue weighted by molar-refractivity contribution is 0.422. The Balaban J connectivity index is 1.82. The van der Waals surface area contributed by atoms with Gasteiger partial charge in [-0.3, -0.25) is 0 Å². The standard InChI is InChI=1S/C15H14N4O/c1-10-3-2-4-11(7-10)8-14-18-15(20-19-14)13-6-5-12(16)9-17-13/h2-7,9H,8,16H2,1H3. The third-order valence-corrected chi connectivity index (χ3v) is 2.92. The zero-order chi connectivity index (χ0) is 13.9. The first-order chi connectivity index (χ1) is 9.70. The quantitative estimate of drug-likeness (QED) is 0.788. The van der Waals surface area contributed by atoms with Crippen LogP contribution in [0.15, 0.2) is 47.1 Å². The molecule has 100 valence electrons. The molecule has 0 bridgehead atoms. The zero-order valence-electron chi connectivity index (χ0n) is 11.1. The van der Waals surface area contributed by atoms with Crippen LogP contribution in [-0.4, -0.2) is 15.1 Å². The van der Waals surface area contributed by atoms with Gasteiger partial charge in [-0.25, -0.2) is 4.98 Å². The van der Waals surface area contributed by atoms with Crippen molar-refractivity contribution in [3.63, 3.8) is 0 Å². The summed E-state index contributed by atoms with van der Waals surface area (Å²) in [6.45, 7) is 2.06. The van der Waals surface area contributed by atoms with Crippen LogP contribution in [0.5, 0.6) is 0 Å². The number of aromatic nitrogens is 3. The van der Waals surface area contributed by atoms with Crippen molar-refractivity contribution < 1.29 is 4.52 Å². The molecule has 2 heterocycles. The minimum absolute atomic E-state index is 0.410. The highest BCUT2D eigenvalue weighted by Crippen LogP contribution is 2.17. The van der Waals surface area contributed by atoms with Crippen LogP contribution >= 0.6 is 0 Å². The van der Waals surface area contributed by atoms with Crippen LogP contribution in [0, 0.1) is 6.92 Å². The normalized spacial score (nSPS) is 10.7. The van der Waals surface area contributed by atoms with Gasteiger partial charge in [-0.2, -0.15) is 4.98 Å². The van der Waals surface area contributed by atoms with Gasteiger partial charge < -0.3 is 10.3 Å². The summed E-state index contributed by atoms with van der Waals surface area (Å²) in [6, 6.07) is 11.8. The third-order valence-electron chi connectivity index (χ3n) is 2.92. The maximum Gasteiger partial charge on any atom is 0.276 e. The molecule has 0 unspecified atom stereocenters.